The number of aliphatic hydroxyl groups excluding tert-OH is 3. The van der Waals surface area contributed by atoms with Crippen LogP contribution in [0.1, 0.15) is 98.0 Å². The average Bonchev–Trinajstić information content (AvgIpc) is 3.20. The second-order valence-electron chi connectivity index (χ2n) is 14.7. The number of carbonyl (C=O) groups excluding carboxylic acids is 5. The highest BCUT2D eigenvalue weighted by atomic mass is 16.8. The van der Waals surface area contributed by atoms with E-state index in [4.69, 9.17) is 37.9 Å². The molecule has 1 aromatic carbocycles. The molecular weight excluding hydrogens is 760 g/mol. The number of benzene rings is 1. The first-order valence-electron chi connectivity index (χ1n) is 20.0. The van der Waals surface area contributed by atoms with E-state index in [0.29, 0.717) is 37.7 Å². The topological polar surface area (TPSA) is 220 Å². The first-order valence-corrected chi connectivity index (χ1v) is 20.0. The summed E-state index contributed by atoms with van der Waals surface area (Å²) in [6.07, 6.45) is -9.21. The van der Waals surface area contributed by atoms with Crippen molar-refractivity contribution in [2.45, 2.75) is 166 Å². The van der Waals surface area contributed by atoms with E-state index in [-0.39, 0.29) is 18.4 Å². The van der Waals surface area contributed by atoms with Crippen molar-refractivity contribution in [3.05, 3.63) is 53.6 Å². The van der Waals surface area contributed by atoms with Crippen LogP contribution in [0.5, 0.6) is 0 Å². The molecule has 12 atom stereocenters. The molecule has 4 rings (SSSR count). The minimum atomic E-state index is -1.89. The highest BCUT2D eigenvalue weighted by Gasteiger charge is 2.54. The first-order chi connectivity index (χ1) is 27.7. The smallest absolute Gasteiger partial charge is 0.333 e. The molecule has 2 bridgehead atoms. The number of hydrogen-bond donors (Lipinski definition) is 3. The minimum Gasteiger partial charge on any atom is -0.463 e. The number of esters is 4. The summed E-state index contributed by atoms with van der Waals surface area (Å²) in [6.45, 7) is 7.16. The van der Waals surface area contributed by atoms with Gasteiger partial charge in [0.25, 0.3) is 0 Å². The van der Waals surface area contributed by atoms with Gasteiger partial charge >= 0.3 is 23.9 Å². The zero-order chi connectivity index (χ0) is 42.4. The van der Waals surface area contributed by atoms with Gasteiger partial charge in [-0.15, -0.1) is 0 Å². The summed E-state index contributed by atoms with van der Waals surface area (Å²) in [5.74, 6) is -3.75. The molecule has 0 saturated carbocycles. The number of aliphatic hydroxyl groups is 3. The highest BCUT2D eigenvalue weighted by molar-refractivity contribution is 5.89. The van der Waals surface area contributed by atoms with Crippen LogP contribution in [0.2, 0.25) is 0 Å². The maximum absolute atomic E-state index is 13.3. The van der Waals surface area contributed by atoms with Crippen LogP contribution in [0.4, 0.5) is 0 Å². The second kappa shape index (κ2) is 22.9. The van der Waals surface area contributed by atoms with E-state index in [1.165, 1.54) is 26.0 Å². The average molecular weight is 819 g/mol. The van der Waals surface area contributed by atoms with E-state index in [1.54, 1.807) is 44.2 Å². The van der Waals surface area contributed by atoms with Crippen LogP contribution in [0.25, 0.3) is 6.08 Å². The summed E-state index contributed by atoms with van der Waals surface area (Å²) in [4.78, 5) is 64.6. The predicted octanol–water partition coefficient (Wildman–Crippen LogP) is 3.40. The summed E-state index contributed by atoms with van der Waals surface area (Å²) in [5, 5.41) is 34.1. The van der Waals surface area contributed by atoms with E-state index in [2.05, 4.69) is 0 Å². The molecular formula is C42H58O16. The quantitative estimate of drug-likeness (QED) is 0.194. The number of hydrogen-bond acceptors (Lipinski definition) is 16. The van der Waals surface area contributed by atoms with Gasteiger partial charge in [0, 0.05) is 25.0 Å². The third kappa shape index (κ3) is 13.5. The lowest BCUT2D eigenvalue weighted by Gasteiger charge is -2.47. The summed E-state index contributed by atoms with van der Waals surface area (Å²) < 4.78 is 47.1. The molecule has 0 unspecified atom stereocenters. The van der Waals surface area contributed by atoms with Gasteiger partial charge in [-0.3, -0.25) is 14.4 Å². The SMILES string of the molecule is C/C=C(/C)C(=O)O[C@@H]1[C@@H](O)[C@@H]2O[C@@H]3[C@@H](O[C@@H](CCC)CCCCC[C@H](OC(C)=O)C(=O)CCC(=O)OC[C@H](O2)[C@H]1OC(=O)/C=C/c1ccccc1)O[C@@H](C)[C@@H](O)[C@H]3O. The number of cyclic esters (lactones) is 1. The number of carbonyl (C=O) groups is 5. The minimum absolute atomic E-state index is 0.154. The van der Waals surface area contributed by atoms with E-state index in [1.807, 2.05) is 6.92 Å². The van der Waals surface area contributed by atoms with Gasteiger partial charge in [-0.05, 0) is 58.1 Å². The van der Waals surface area contributed by atoms with Crippen molar-refractivity contribution in [1.82, 2.24) is 0 Å². The molecule has 3 heterocycles. The molecule has 58 heavy (non-hydrogen) atoms. The van der Waals surface area contributed by atoms with Crippen LogP contribution in [-0.2, 0) is 61.9 Å². The highest BCUT2D eigenvalue weighted by Crippen LogP contribution is 2.34. The van der Waals surface area contributed by atoms with Gasteiger partial charge in [0.05, 0.1) is 18.6 Å². The van der Waals surface area contributed by atoms with Crippen molar-refractivity contribution < 1.29 is 77.2 Å². The van der Waals surface area contributed by atoms with Crippen molar-refractivity contribution in [2.75, 3.05) is 6.61 Å². The molecule has 3 aliphatic rings. The maximum Gasteiger partial charge on any atom is 0.333 e. The molecule has 0 radical (unpaired) electrons. The Hall–Kier alpha value is -4.03. The van der Waals surface area contributed by atoms with Crippen molar-refractivity contribution in [3.8, 4) is 0 Å². The number of ether oxygens (including phenoxy) is 8. The van der Waals surface area contributed by atoms with Crippen LogP contribution in [0.15, 0.2) is 48.1 Å². The molecule has 0 aliphatic carbocycles. The number of ketones is 1. The van der Waals surface area contributed by atoms with Crippen LogP contribution >= 0.6 is 0 Å². The monoisotopic (exact) mass is 818 g/mol. The third-order valence-corrected chi connectivity index (χ3v) is 10.2. The van der Waals surface area contributed by atoms with Gasteiger partial charge in [-0.2, -0.15) is 0 Å². The zero-order valence-corrected chi connectivity index (χ0v) is 33.8. The largest absolute Gasteiger partial charge is 0.463 e. The van der Waals surface area contributed by atoms with Crippen LogP contribution in [0, 0.1) is 0 Å². The molecule has 0 aromatic heterocycles. The second-order valence-corrected chi connectivity index (χ2v) is 14.7. The van der Waals surface area contributed by atoms with Gasteiger partial charge in [0.2, 0.25) is 0 Å². The fourth-order valence-corrected chi connectivity index (χ4v) is 6.86. The van der Waals surface area contributed by atoms with Gasteiger partial charge in [0.1, 0.15) is 37.1 Å². The molecule has 0 spiro atoms. The Bertz CT molecular complexity index is 1580. The number of rotatable bonds is 8. The van der Waals surface area contributed by atoms with Crippen LogP contribution in [-0.4, -0.2) is 125 Å². The van der Waals surface area contributed by atoms with Crippen molar-refractivity contribution >= 4 is 35.7 Å². The number of Topliss-reactive ketones (excluding diaryl/α,β-unsaturated/α-hetero) is 1. The Balaban J connectivity index is 1.73. The zero-order valence-electron chi connectivity index (χ0n) is 33.8. The molecule has 3 N–H and O–H groups in total. The van der Waals surface area contributed by atoms with Crippen molar-refractivity contribution in [1.29, 1.82) is 0 Å². The summed E-state index contributed by atoms with van der Waals surface area (Å²) in [6, 6.07) is 8.84. The number of fused-ring (bicyclic) bond motifs is 3. The first kappa shape index (κ1) is 46.7. The van der Waals surface area contributed by atoms with Crippen LogP contribution < -0.4 is 0 Å². The van der Waals surface area contributed by atoms with Gasteiger partial charge < -0.3 is 53.2 Å². The molecule has 3 saturated heterocycles. The Kier molecular flexibility index (Phi) is 18.5. The maximum atomic E-state index is 13.3. The number of allylic oxidation sites excluding steroid dienone is 1. The van der Waals surface area contributed by atoms with E-state index in [0.717, 1.165) is 12.5 Å². The molecule has 3 aliphatic heterocycles. The standard InChI is InChI=1S/C42H58O16/c1-6-14-28-17-12-9-13-18-30(53-26(5)43)29(44)20-22-32(45)51-23-31-37(56-33(46)21-19-27-15-10-8-11-16-27)38(57-40(50)24(3)7-2)36(49)41(55-31)58-39-35(48)34(47)25(4)52-42(39)54-28/h7-8,10-11,15-16,19,21,25,28,30-31,34-39,41-42,47-49H,6,9,12-14,17-18,20,22-23H2,1-5H3/b21-19+,24-7-/t25-,28-,30-,31-,34+,35+,36+,37+,38+,39-,41-,42+/m0/s1. The normalized spacial score (nSPS) is 33.6. The van der Waals surface area contributed by atoms with Gasteiger partial charge in [-0.25, -0.2) is 9.59 Å². The van der Waals surface area contributed by atoms with E-state index < -0.39 is 116 Å². The Morgan fingerprint density at radius 1 is 0.828 bits per heavy atom. The molecule has 0 amide bonds. The summed E-state index contributed by atoms with van der Waals surface area (Å²) in [7, 11) is 0. The van der Waals surface area contributed by atoms with E-state index >= 15 is 0 Å². The molecule has 16 nitrogen and oxygen atoms in total. The fraction of sp³-hybridized carbons (Fsp3) is 0.643. The lowest BCUT2D eigenvalue weighted by atomic mass is 9.96. The van der Waals surface area contributed by atoms with Gasteiger partial charge in [0.15, 0.2) is 36.7 Å². The van der Waals surface area contributed by atoms with Crippen molar-refractivity contribution in [3.63, 3.8) is 0 Å². The molecule has 16 heteroatoms. The summed E-state index contributed by atoms with van der Waals surface area (Å²) >= 11 is 0. The van der Waals surface area contributed by atoms with E-state index in [9.17, 15) is 39.3 Å². The fourth-order valence-electron chi connectivity index (χ4n) is 6.86. The lowest BCUT2D eigenvalue weighted by Crippen LogP contribution is -2.65. The van der Waals surface area contributed by atoms with Crippen LogP contribution in [0.3, 0.4) is 0 Å². The Morgan fingerprint density at radius 2 is 1.55 bits per heavy atom. The molecule has 1 aromatic rings. The van der Waals surface area contributed by atoms with Crippen molar-refractivity contribution in [2.24, 2.45) is 0 Å². The molecule has 322 valence electrons. The Morgan fingerprint density at radius 3 is 2.24 bits per heavy atom. The third-order valence-electron chi connectivity index (χ3n) is 10.2. The lowest BCUT2D eigenvalue weighted by molar-refractivity contribution is -0.369. The molecule has 3 fully saturated rings. The Labute approximate surface area is 338 Å². The predicted molar refractivity (Wildman–Crippen MR) is 204 cm³/mol. The summed E-state index contributed by atoms with van der Waals surface area (Å²) in [5.41, 5.74) is 0.825. The van der Waals surface area contributed by atoms with Gasteiger partial charge in [-0.1, -0.05) is 62.6 Å².